The summed E-state index contributed by atoms with van der Waals surface area (Å²) in [4.78, 5) is 5.32. The van der Waals surface area contributed by atoms with E-state index in [4.69, 9.17) is 5.73 Å². The Morgan fingerprint density at radius 3 is 2.93 bits per heavy atom. The summed E-state index contributed by atoms with van der Waals surface area (Å²) in [5, 5.41) is 3.42. The van der Waals surface area contributed by atoms with Crippen LogP contribution in [0.3, 0.4) is 0 Å². The van der Waals surface area contributed by atoms with Crippen LogP contribution in [0.1, 0.15) is 30.6 Å². The lowest BCUT2D eigenvalue weighted by molar-refractivity contribution is 0.405. The summed E-state index contributed by atoms with van der Waals surface area (Å²) in [6, 6.07) is 0. The van der Waals surface area contributed by atoms with E-state index in [0.717, 1.165) is 13.1 Å². The summed E-state index contributed by atoms with van der Waals surface area (Å²) in [7, 11) is 0. The first-order chi connectivity index (χ1) is 6.79. The van der Waals surface area contributed by atoms with Crippen molar-refractivity contribution in [3.05, 3.63) is 16.6 Å². The first-order valence-corrected chi connectivity index (χ1v) is 6.03. The molecule has 1 aliphatic carbocycles. The third-order valence-corrected chi connectivity index (χ3v) is 3.64. The summed E-state index contributed by atoms with van der Waals surface area (Å²) >= 11 is 1.69. The van der Waals surface area contributed by atoms with Crippen LogP contribution in [-0.2, 0) is 6.54 Å². The molecular formula is C10H17N3S. The van der Waals surface area contributed by atoms with Crippen LogP contribution in [0.15, 0.2) is 11.7 Å². The van der Waals surface area contributed by atoms with Crippen molar-refractivity contribution in [3.8, 4) is 0 Å². The molecule has 0 radical (unpaired) electrons. The van der Waals surface area contributed by atoms with Gasteiger partial charge < -0.3 is 11.1 Å². The lowest BCUT2D eigenvalue weighted by Crippen LogP contribution is -2.46. The summed E-state index contributed by atoms with van der Waals surface area (Å²) in [5.41, 5.74) is 8.15. The number of hydrogen-bond donors (Lipinski definition) is 2. The van der Waals surface area contributed by atoms with Crippen molar-refractivity contribution >= 4 is 11.3 Å². The van der Waals surface area contributed by atoms with Crippen molar-refractivity contribution in [1.82, 2.24) is 10.3 Å². The fourth-order valence-electron chi connectivity index (χ4n) is 2.02. The monoisotopic (exact) mass is 211 g/mol. The fraction of sp³-hybridized carbons (Fsp3) is 0.700. The van der Waals surface area contributed by atoms with E-state index < -0.39 is 0 Å². The Balaban J connectivity index is 1.72. The number of nitrogens with one attached hydrogen (secondary N) is 1. The predicted molar refractivity (Wildman–Crippen MR) is 59.2 cm³/mol. The van der Waals surface area contributed by atoms with Gasteiger partial charge in [0.15, 0.2) is 0 Å². The molecule has 0 amide bonds. The number of nitrogens with two attached hydrogens (primary N) is 1. The highest BCUT2D eigenvalue weighted by molar-refractivity contribution is 7.09. The Bertz CT molecular complexity index is 265. The first-order valence-electron chi connectivity index (χ1n) is 5.15. The van der Waals surface area contributed by atoms with E-state index >= 15 is 0 Å². The molecule has 3 nitrogen and oxygen atoms in total. The van der Waals surface area contributed by atoms with Crippen molar-refractivity contribution in [1.29, 1.82) is 0 Å². The number of thiazole rings is 1. The molecule has 1 heterocycles. The highest BCUT2D eigenvalue weighted by atomic mass is 32.1. The molecule has 3 N–H and O–H groups in total. The van der Waals surface area contributed by atoms with E-state index in [1.807, 2.05) is 11.7 Å². The molecule has 1 aromatic heterocycles. The van der Waals surface area contributed by atoms with Crippen molar-refractivity contribution in [3.63, 3.8) is 0 Å². The normalized spacial score (nSPS) is 20.1. The molecule has 2 rings (SSSR count). The third-order valence-electron chi connectivity index (χ3n) is 2.86. The number of hydrogen-bond acceptors (Lipinski definition) is 4. The summed E-state index contributed by atoms with van der Waals surface area (Å²) in [5.74, 6) is 0. The van der Waals surface area contributed by atoms with Gasteiger partial charge in [-0.1, -0.05) is 12.8 Å². The maximum Gasteiger partial charge on any atom is 0.0794 e. The Morgan fingerprint density at radius 1 is 1.50 bits per heavy atom. The zero-order valence-electron chi connectivity index (χ0n) is 8.33. The molecule has 1 fully saturated rings. The van der Waals surface area contributed by atoms with Gasteiger partial charge in [0, 0.05) is 29.7 Å². The minimum atomic E-state index is 0.0602. The molecule has 0 atom stereocenters. The molecule has 0 spiro atoms. The quantitative estimate of drug-likeness (QED) is 0.793. The fourth-order valence-corrected chi connectivity index (χ4v) is 2.58. The maximum absolute atomic E-state index is 6.22. The predicted octanol–water partition coefficient (Wildman–Crippen LogP) is 1.50. The highest BCUT2D eigenvalue weighted by Crippen LogP contribution is 2.26. The average Bonchev–Trinajstić information content (AvgIpc) is 2.77. The van der Waals surface area contributed by atoms with Gasteiger partial charge in [-0.05, 0) is 12.8 Å². The van der Waals surface area contributed by atoms with Crippen molar-refractivity contribution in [2.75, 3.05) is 6.54 Å². The Morgan fingerprint density at radius 2 is 2.29 bits per heavy atom. The molecule has 0 unspecified atom stereocenters. The minimum Gasteiger partial charge on any atom is -0.324 e. The SMILES string of the molecule is NC1(CNCc2cncs2)CCCC1. The Hall–Kier alpha value is -0.450. The van der Waals surface area contributed by atoms with Crippen molar-refractivity contribution in [2.24, 2.45) is 5.73 Å². The lowest BCUT2D eigenvalue weighted by Gasteiger charge is -2.23. The Labute approximate surface area is 88.7 Å². The largest absolute Gasteiger partial charge is 0.324 e. The summed E-state index contributed by atoms with van der Waals surface area (Å²) in [6.45, 7) is 1.84. The minimum absolute atomic E-state index is 0.0602. The lowest BCUT2D eigenvalue weighted by atomic mass is 9.99. The molecular weight excluding hydrogens is 194 g/mol. The summed E-state index contributed by atoms with van der Waals surface area (Å²) in [6.07, 6.45) is 6.83. The van der Waals surface area contributed by atoms with Gasteiger partial charge in [-0.25, -0.2) is 0 Å². The van der Waals surface area contributed by atoms with Crippen LogP contribution in [0.5, 0.6) is 0 Å². The number of rotatable bonds is 4. The van der Waals surface area contributed by atoms with Gasteiger partial charge in [0.2, 0.25) is 0 Å². The number of nitrogens with zero attached hydrogens (tertiary/aromatic N) is 1. The van der Waals surface area contributed by atoms with Gasteiger partial charge in [0.05, 0.1) is 5.51 Å². The third kappa shape index (κ3) is 2.53. The van der Waals surface area contributed by atoms with E-state index in [-0.39, 0.29) is 5.54 Å². The van der Waals surface area contributed by atoms with Crippen LogP contribution in [0.4, 0.5) is 0 Å². The molecule has 0 aromatic carbocycles. The van der Waals surface area contributed by atoms with Crippen molar-refractivity contribution < 1.29 is 0 Å². The second-order valence-corrected chi connectivity index (χ2v) is 5.11. The van der Waals surface area contributed by atoms with Gasteiger partial charge in [0.25, 0.3) is 0 Å². The molecule has 78 valence electrons. The van der Waals surface area contributed by atoms with Crippen LogP contribution >= 0.6 is 11.3 Å². The van der Waals surface area contributed by atoms with Crippen molar-refractivity contribution in [2.45, 2.75) is 37.8 Å². The molecule has 14 heavy (non-hydrogen) atoms. The molecule has 1 aliphatic rings. The average molecular weight is 211 g/mol. The molecule has 4 heteroatoms. The number of aromatic nitrogens is 1. The maximum atomic E-state index is 6.22. The standard InChI is InChI=1S/C10H17N3S/c11-10(3-1-2-4-10)7-12-5-9-6-13-8-14-9/h6,8,12H,1-5,7,11H2. The smallest absolute Gasteiger partial charge is 0.0794 e. The van der Waals surface area contributed by atoms with Crippen LogP contribution in [-0.4, -0.2) is 17.1 Å². The van der Waals surface area contributed by atoms with E-state index in [1.165, 1.54) is 30.6 Å². The molecule has 0 bridgehead atoms. The first kappa shape index (κ1) is 10.1. The molecule has 1 aromatic rings. The second-order valence-electron chi connectivity index (χ2n) is 4.14. The van der Waals surface area contributed by atoms with Gasteiger partial charge >= 0.3 is 0 Å². The highest BCUT2D eigenvalue weighted by Gasteiger charge is 2.28. The van der Waals surface area contributed by atoms with Crippen LogP contribution in [0.2, 0.25) is 0 Å². The second kappa shape index (κ2) is 4.38. The topological polar surface area (TPSA) is 50.9 Å². The van der Waals surface area contributed by atoms with Gasteiger partial charge in [-0.2, -0.15) is 0 Å². The van der Waals surface area contributed by atoms with Gasteiger partial charge in [-0.3, -0.25) is 4.98 Å². The van der Waals surface area contributed by atoms with Crippen LogP contribution in [0, 0.1) is 0 Å². The van der Waals surface area contributed by atoms with Gasteiger partial charge in [0.1, 0.15) is 0 Å². The molecule has 0 aliphatic heterocycles. The van der Waals surface area contributed by atoms with E-state index in [1.54, 1.807) is 11.3 Å². The molecule has 1 saturated carbocycles. The Kier molecular flexibility index (Phi) is 3.15. The van der Waals surface area contributed by atoms with Crippen LogP contribution in [0.25, 0.3) is 0 Å². The van der Waals surface area contributed by atoms with Crippen LogP contribution < -0.4 is 11.1 Å². The molecule has 0 saturated heterocycles. The van der Waals surface area contributed by atoms with Gasteiger partial charge in [-0.15, -0.1) is 11.3 Å². The van der Waals surface area contributed by atoms with E-state index in [9.17, 15) is 0 Å². The zero-order valence-corrected chi connectivity index (χ0v) is 9.15. The van der Waals surface area contributed by atoms with E-state index in [2.05, 4.69) is 10.3 Å². The zero-order chi connectivity index (χ0) is 9.86. The summed E-state index contributed by atoms with van der Waals surface area (Å²) < 4.78 is 0. The van der Waals surface area contributed by atoms with E-state index in [0.29, 0.717) is 0 Å².